The summed E-state index contributed by atoms with van der Waals surface area (Å²) in [4.78, 5) is 12.4. The summed E-state index contributed by atoms with van der Waals surface area (Å²) >= 11 is 12.3. The summed E-state index contributed by atoms with van der Waals surface area (Å²) < 4.78 is 0. The lowest BCUT2D eigenvalue weighted by Gasteiger charge is -2.14. The van der Waals surface area contributed by atoms with Gasteiger partial charge in [0.05, 0.1) is 9.75 Å². The summed E-state index contributed by atoms with van der Waals surface area (Å²) in [6, 6.07) is 0. The highest BCUT2D eigenvalue weighted by Gasteiger charge is 2.27. The van der Waals surface area contributed by atoms with Crippen LogP contribution in [0.1, 0.15) is 9.75 Å². The maximum Gasteiger partial charge on any atom is 0.0604 e. The van der Waals surface area contributed by atoms with E-state index in [-0.39, 0.29) is 0 Å². The molecule has 2 aliphatic heterocycles. The van der Waals surface area contributed by atoms with E-state index in [0.29, 0.717) is 0 Å². The molecular weight excluding hydrogens is 361 g/mol. The van der Waals surface area contributed by atoms with Crippen molar-refractivity contribution in [3.8, 4) is 9.75 Å². The highest BCUT2D eigenvalue weighted by Crippen LogP contribution is 2.56. The van der Waals surface area contributed by atoms with Gasteiger partial charge in [-0.25, -0.2) is 0 Å². The fourth-order valence-electron chi connectivity index (χ4n) is 2.49. The number of fused-ring (bicyclic) bond motifs is 2. The topological polar surface area (TPSA) is 0 Å². The van der Waals surface area contributed by atoms with Gasteiger partial charge in [-0.2, -0.15) is 0 Å². The molecule has 0 N–H and O–H groups in total. The molecular formula is C14H14S6. The third kappa shape index (κ3) is 2.31. The van der Waals surface area contributed by atoms with Gasteiger partial charge in [-0.05, 0) is 13.8 Å². The van der Waals surface area contributed by atoms with Gasteiger partial charge in [0, 0.05) is 52.3 Å². The Balaban J connectivity index is 1.90. The molecule has 2 aromatic heterocycles. The minimum atomic E-state index is 1.26. The molecule has 0 bridgehead atoms. The summed E-state index contributed by atoms with van der Waals surface area (Å²) in [6.07, 6.45) is 0. The largest absolute Gasteiger partial charge is 0.137 e. The van der Waals surface area contributed by atoms with Crippen molar-refractivity contribution in [1.29, 1.82) is 0 Å². The van der Waals surface area contributed by atoms with E-state index in [4.69, 9.17) is 0 Å². The Bertz CT molecular complexity index is 607. The van der Waals surface area contributed by atoms with Crippen molar-refractivity contribution in [3.05, 3.63) is 9.75 Å². The molecule has 0 aromatic carbocycles. The molecule has 0 atom stereocenters. The fraction of sp³-hybridized carbons (Fsp3) is 0.429. The summed E-state index contributed by atoms with van der Waals surface area (Å²) in [5.74, 6) is 5.05. The van der Waals surface area contributed by atoms with E-state index >= 15 is 0 Å². The van der Waals surface area contributed by atoms with Crippen molar-refractivity contribution in [1.82, 2.24) is 0 Å². The van der Waals surface area contributed by atoms with Crippen LogP contribution in [-0.4, -0.2) is 23.0 Å². The first-order valence-corrected chi connectivity index (χ1v) is 12.1. The second-order valence-corrected chi connectivity index (χ2v) is 11.6. The average molecular weight is 375 g/mol. The Labute approximate surface area is 144 Å². The third-order valence-corrected chi connectivity index (χ3v) is 11.6. The van der Waals surface area contributed by atoms with Crippen molar-refractivity contribution >= 4 is 69.7 Å². The van der Waals surface area contributed by atoms with Crippen LogP contribution >= 0.6 is 69.7 Å². The van der Waals surface area contributed by atoms with Crippen molar-refractivity contribution < 1.29 is 0 Å². The predicted molar refractivity (Wildman–Crippen MR) is 100 cm³/mol. The third-order valence-electron chi connectivity index (χ3n) is 3.33. The quantitative estimate of drug-likeness (QED) is 0.559. The molecule has 6 heteroatoms. The Hall–Kier alpha value is 0.800. The van der Waals surface area contributed by atoms with Crippen LogP contribution in [0.4, 0.5) is 0 Å². The molecule has 4 heterocycles. The smallest absolute Gasteiger partial charge is 0.0604 e. The van der Waals surface area contributed by atoms with E-state index in [9.17, 15) is 0 Å². The number of rotatable bonds is 1. The second-order valence-electron chi connectivity index (χ2n) is 4.69. The Morgan fingerprint density at radius 3 is 1.30 bits per heavy atom. The maximum atomic E-state index is 2.29. The molecule has 2 aliphatic rings. The van der Waals surface area contributed by atoms with Gasteiger partial charge in [0.25, 0.3) is 0 Å². The van der Waals surface area contributed by atoms with Crippen molar-refractivity contribution in [2.24, 2.45) is 0 Å². The predicted octanol–water partition coefficient (Wildman–Crippen LogP) is 6.49. The van der Waals surface area contributed by atoms with Crippen LogP contribution in [0.2, 0.25) is 0 Å². The summed E-state index contributed by atoms with van der Waals surface area (Å²) in [6.45, 7) is 4.58. The van der Waals surface area contributed by atoms with E-state index in [1.54, 1.807) is 29.3 Å². The molecule has 20 heavy (non-hydrogen) atoms. The molecule has 0 radical (unpaired) electrons. The Kier molecular flexibility index (Phi) is 4.16. The molecule has 0 nitrogen and oxygen atoms in total. The summed E-state index contributed by atoms with van der Waals surface area (Å²) in [5, 5.41) is 0. The molecule has 4 rings (SSSR count). The van der Waals surface area contributed by atoms with Crippen LogP contribution < -0.4 is 0 Å². The van der Waals surface area contributed by atoms with E-state index in [1.807, 2.05) is 22.7 Å². The van der Waals surface area contributed by atoms with Crippen LogP contribution in [0, 0.1) is 13.8 Å². The lowest BCUT2D eigenvalue weighted by Crippen LogP contribution is -1.94. The normalized spacial score (nSPS) is 17.9. The van der Waals surface area contributed by atoms with Gasteiger partial charge in [0.2, 0.25) is 0 Å². The summed E-state index contributed by atoms with van der Waals surface area (Å²) in [5.41, 5.74) is 0. The lowest BCUT2D eigenvalue weighted by molar-refractivity contribution is 1.22. The van der Waals surface area contributed by atoms with Gasteiger partial charge >= 0.3 is 0 Å². The Morgan fingerprint density at radius 2 is 0.900 bits per heavy atom. The van der Waals surface area contributed by atoms with Crippen molar-refractivity contribution in [3.63, 3.8) is 0 Å². The van der Waals surface area contributed by atoms with Gasteiger partial charge in [-0.15, -0.1) is 69.7 Å². The molecule has 106 valence electrons. The number of hydrogen-bond acceptors (Lipinski definition) is 6. The average Bonchev–Trinajstić information content (AvgIpc) is 2.99. The molecule has 0 aliphatic carbocycles. The van der Waals surface area contributed by atoms with Gasteiger partial charge in [-0.1, -0.05) is 0 Å². The molecule has 0 fully saturated rings. The van der Waals surface area contributed by atoms with E-state index < -0.39 is 0 Å². The number of thioether (sulfide) groups is 4. The molecule has 2 aromatic rings. The minimum absolute atomic E-state index is 1.26. The lowest BCUT2D eigenvalue weighted by atomic mass is 10.3. The first-order valence-electron chi connectivity index (χ1n) is 6.54. The van der Waals surface area contributed by atoms with Crippen LogP contribution in [0.5, 0.6) is 0 Å². The highest BCUT2D eigenvalue weighted by atomic mass is 32.2. The monoisotopic (exact) mass is 374 g/mol. The highest BCUT2D eigenvalue weighted by molar-refractivity contribution is 8.06. The maximum absolute atomic E-state index is 2.29. The number of hydrogen-bond donors (Lipinski definition) is 0. The summed E-state index contributed by atoms with van der Waals surface area (Å²) in [7, 11) is 0. The second kappa shape index (κ2) is 5.78. The zero-order valence-corrected chi connectivity index (χ0v) is 16.2. The fourth-order valence-corrected chi connectivity index (χ4v) is 10.9. The number of aryl methyl sites for hydroxylation is 2. The van der Waals surface area contributed by atoms with E-state index in [2.05, 4.69) is 60.9 Å². The van der Waals surface area contributed by atoms with Gasteiger partial charge in [-0.3, -0.25) is 0 Å². The Morgan fingerprint density at radius 1 is 0.550 bits per heavy atom. The molecule has 0 saturated heterocycles. The first-order chi connectivity index (χ1) is 9.75. The first kappa shape index (κ1) is 14.4. The van der Waals surface area contributed by atoms with Crippen LogP contribution in [0.3, 0.4) is 0 Å². The molecule has 0 saturated carbocycles. The zero-order chi connectivity index (χ0) is 13.7. The SMILES string of the molecule is Cc1sc(-c2sc(C)c3c2SCCS3)c2c1SCCS2. The molecule has 0 amide bonds. The van der Waals surface area contributed by atoms with Gasteiger partial charge in [0.1, 0.15) is 0 Å². The number of thiophene rings is 2. The van der Waals surface area contributed by atoms with E-state index in [1.165, 1.54) is 32.8 Å². The van der Waals surface area contributed by atoms with Crippen LogP contribution in [0.25, 0.3) is 9.75 Å². The van der Waals surface area contributed by atoms with Crippen LogP contribution in [0.15, 0.2) is 19.6 Å². The van der Waals surface area contributed by atoms with Gasteiger partial charge in [0.15, 0.2) is 0 Å². The standard InChI is InChI=1S/C14H14S6/c1-7-9-11(17-5-3-15-9)13(19-7)14-12-10(8(2)20-14)16-4-6-18-12/h3-6H2,1-2H3. The van der Waals surface area contributed by atoms with Gasteiger partial charge < -0.3 is 0 Å². The molecule has 0 unspecified atom stereocenters. The van der Waals surface area contributed by atoms with E-state index in [0.717, 1.165) is 0 Å². The van der Waals surface area contributed by atoms with Crippen LogP contribution in [-0.2, 0) is 0 Å². The molecule has 0 spiro atoms. The van der Waals surface area contributed by atoms with Crippen molar-refractivity contribution in [2.45, 2.75) is 33.4 Å². The zero-order valence-electron chi connectivity index (χ0n) is 11.3. The van der Waals surface area contributed by atoms with Crippen molar-refractivity contribution in [2.75, 3.05) is 23.0 Å². The minimum Gasteiger partial charge on any atom is -0.137 e.